The first-order valence-electron chi connectivity index (χ1n) is 8.98. The van der Waals surface area contributed by atoms with Gasteiger partial charge in [-0.2, -0.15) is 0 Å². The highest BCUT2D eigenvalue weighted by atomic mass is 79.9. The van der Waals surface area contributed by atoms with Gasteiger partial charge in [-0.25, -0.2) is 4.79 Å². The van der Waals surface area contributed by atoms with E-state index < -0.39 is 18.5 Å². The summed E-state index contributed by atoms with van der Waals surface area (Å²) in [6.45, 7) is 4.21. The smallest absolute Gasteiger partial charge is 0.338 e. The van der Waals surface area contributed by atoms with Crippen LogP contribution in [0.25, 0.3) is 0 Å². The molecule has 2 rings (SSSR count). The second kappa shape index (κ2) is 10.7. The van der Waals surface area contributed by atoms with Crippen LogP contribution in [0.3, 0.4) is 0 Å². The molecule has 0 aromatic heterocycles. The fraction of sp³-hybridized carbons (Fsp3) is 0.333. The molecule has 0 aliphatic rings. The lowest BCUT2D eigenvalue weighted by atomic mass is 10.2. The lowest BCUT2D eigenvalue weighted by Crippen LogP contribution is -2.21. The van der Waals surface area contributed by atoms with Crippen molar-refractivity contribution in [2.45, 2.75) is 26.7 Å². The molecule has 0 aliphatic carbocycles. The lowest BCUT2D eigenvalue weighted by Gasteiger charge is -2.12. The van der Waals surface area contributed by atoms with Crippen LogP contribution in [0.4, 0.5) is 5.69 Å². The predicted molar refractivity (Wildman–Crippen MR) is 111 cm³/mol. The van der Waals surface area contributed by atoms with Gasteiger partial charge >= 0.3 is 5.97 Å². The second-order valence-electron chi connectivity index (χ2n) is 6.18. The van der Waals surface area contributed by atoms with E-state index in [0.717, 1.165) is 22.9 Å². The molecule has 150 valence electrons. The molecule has 0 unspecified atom stereocenters. The molecule has 6 nitrogen and oxygen atoms in total. The van der Waals surface area contributed by atoms with Gasteiger partial charge in [-0.05, 0) is 65.2 Å². The summed E-state index contributed by atoms with van der Waals surface area (Å²) in [5.74, 6) is -0.0334. The normalized spacial score (nSPS) is 10.3. The molecule has 0 atom stereocenters. The molecule has 0 heterocycles. The summed E-state index contributed by atoms with van der Waals surface area (Å²) >= 11 is 3.39. The van der Waals surface area contributed by atoms with Gasteiger partial charge in [-0.15, -0.1) is 0 Å². The molecule has 0 spiro atoms. The number of rotatable bonds is 9. The third-order valence-electron chi connectivity index (χ3n) is 3.89. The Balaban J connectivity index is 1.93. The Labute approximate surface area is 173 Å². The third-order valence-corrected chi connectivity index (χ3v) is 4.54. The molecule has 0 aliphatic heterocycles. The van der Waals surface area contributed by atoms with Crippen LogP contribution in [0.2, 0.25) is 0 Å². The first-order valence-corrected chi connectivity index (χ1v) is 9.77. The number of benzene rings is 2. The number of anilines is 1. The Bertz CT molecular complexity index is 838. The maximum absolute atomic E-state index is 12.2. The standard InChI is InChI=1S/C21H24BrNO5/c1-4-5-10-27-18-9-7-15(12-19(18)26-3)21(25)28-13-20(24)23-17-8-6-14(2)11-16(17)22/h6-9,11-12H,4-5,10,13H2,1-3H3,(H,23,24). The van der Waals surface area contributed by atoms with Gasteiger partial charge in [-0.1, -0.05) is 19.4 Å². The number of hydrogen-bond donors (Lipinski definition) is 1. The molecule has 1 amide bonds. The fourth-order valence-corrected chi connectivity index (χ4v) is 2.95. The summed E-state index contributed by atoms with van der Waals surface area (Å²) in [4.78, 5) is 24.3. The van der Waals surface area contributed by atoms with E-state index in [1.165, 1.54) is 13.2 Å². The molecule has 0 bridgehead atoms. The van der Waals surface area contributed by atoms with E-state index in [4.69, 9.17) is 14.2 Å². The quantitative estimate of drug-likeness (QED) is 0.441. The van der Waals surface area contributed by atoms with Crippen LogP contribution in [0.15, 0.2) is 40.9 Å². The number of hydrogen-bond acceptors (Lipinski definition) is 5. The number of carbonyl (C=O) groups excluding carboxylic acids is 2. The van der Waals surface area contributed by atoms with E-state index in [1.807, 2.05) is 19.1 Å². The number of carbonyl (C=O) groups is 2. The molecule has 2 aromatic carbocycles. The molecule has 2 aromatic rings. The molecule has 7 heteroatoms. The summed E-state index contributed by atoms with van der Waals surface area (Å²) < 4.78 is 16.8. The van der Waals surface area contributed by atoms with Gasteiger partial charge in [0.05, 0.1) is 25.0 Å². The van der Waals surface area contributed by atoms with E-state index in [2.05, 4.69) is 28.2 Å². The van der Waals surface area contributed by atoms with Crippen molar-refractivity contribution >= 4 is 33.5 Å². The maximum atomic E-state index is 12.2. The summed E-state index contributed by atoms with van der Waals surface area (Å²) in [5, 5.41) is 2.70. The van der Waals surface area contributed by atoms with E-state index >= 15 is 0 Å². The number of ether oxygens (including phenoxy) is 3. The minimum atomic E-state index is -0.614. The molecule has 0 saturated heterocycles. The molecule has 28 heavy (non-hydrogen) atoms. The van der Waals surface area contributed by atoms with Gasteiger partial charge in [0, 0.05) is 4.47 Å². The molecular formula is C21H24BrNO5. The highest BCUT2D eigenvalue weighted by Crippen LogP contribution is 2.28. The summed E-state index contributed by atoms with van der Waals surface area (Å²) in [7, 11) is 1.50. The van der Waals surface area contributed by atoms with Crippen LogP contribution < -0.4 is 14.8 Å². The van der Waals surface area contributed by atoms with Gasteiger partial charge in [0.2, 0.25) is 0 Å². The van der Waals surface area contributed by atoms with Crippen molar-refractivity contribution in [3.63, 3.8) is 0 Å². The van der Waals surface area contributed by atoms with E-state index in [1.54, 1.807) is 18.2 Å². The van der Waals surface area contributed by atoms with Crippen molar-refractivity contribution in [3.8, 4) is 11.5 Å². The van der Waals surface area contributed by atoms with Gasteiger partial charge in [0.1, 0.15) is 0 Å². The maximum Gasteiger partial charge on any atom is 0.338 e. The zero-order chi connectivity index (χ0) is 20.5. The topological polar surface area (TPSA) is 73.9 Å². The average molecular weight is 450 g/mol. The van der Waals surface area contributed by atoms with Crippen molar-refractivity contribution in [2.75, 3.05) is 25.6 Å². The number of unbranched alkanes of at least 4 members (excludes halogenated alkanes) is 1. The van der Waals surface area contributed by atoms with E-state index in [-0.39, 0.29) is 5.56 Å². The van der Waals surface area contributed by atoms with Crippen LogP contribution in [0, 0.1) is 6.92 Å². The first kappa shape index (κ1) is 21.8. The van der Waals surface area contributed by atoms with Crippen LogP contribution in [0.1, 0.15) is 35.7 Å². The number of amides is 1. The van der Waals surface area contributed by atoms with E-state index in [9.17, 15) is 9.59 Å². The number of halogens is 1. The van der Waals surface area contributed by atoms with Crippen LogP contribution in [-0.2, 0) is 9.53 Å². The summed E-state index contributed by atoms with van der Waals surface area (Å²) in [6, 6.07) is 10.3. The fourth-order valence-electron chi connectivity index (χ4n) is 2.36. The monoisotopic (exact) mass is 449 g/mol. The Morgan fingerprint density at radius 1 is 1.11 bits per heavy atom. The molecular weight excluding hydrogens is 426 g/mol. The van der Waals surface area contributed by atoms with Crippen LogP contribution in [-0.4, -0.2) is 32.2 Å². The van der Waals surface area contributed by atoms with Crippen LogP contribution >= 0.6 is 15.9 Å². The molecule has 0 radical (unpaired) electrons. The number of nitrogens with one attached hydrogen (secondary N) is 1. The first-order chi connectivity index (χ1) is 13.4. The summed E-state index contributed by atoms with van der Waals surface area (Å²) in [6.07, 6.45) is 1.95. The Kier molecular flexibility index (Phi) is 8.32. The SMILES string of the molecule is CCCCOc1ccc(C(=O)OCC(=O)Nc2ccc(C)cc2Br)cc1OC. The van der Waals surface area contributed by atoms with E-state index in [0.29, 0.717) is 23.8 Å². The number of esters is 1. The van der Waals surface area contributed by atoms with Gasteiger partial charge in [-0.3, -0.25) is 4.79 Å². The third kappa shape index (κ3) is 6.27. The van der Waals surface area contributed by atoms with Crippen molar-refractivity contribution in [1.82, 2.24) is 0 Å². The predicted octanol–water partition coefficient (Wildman–Crippen LogP) is 4.74. The second-order valence-corrected chi connectivity index (χ2v) is 7.03. The zero-order valence-corrected chi connectivity index (χ0v) is 17.8. The number of aryl methyl sites for hydroxylation is 1. The molecule has 1 N–H and O–H groups in total. The van der Waals surface area contributed by atoms with Crippen molar-refractivity contribution in [2.24, 2.45) is 0 Å². The van der Waals surface area contributed by atoms with Crippen molar-refractivity contribution in [3.05, 3.63) is 52.0 Å². The Morgan fingerprint density at radius 3 is 2.57 bits per heavy atom. The van der Waals surface area contributed by atoms with Gasteiger partial charge in [0.15, 0.2) is 18.1 Å². The summed E-state index contributed by atoms with van der Waals surface area (Å²) in [5.41, 5.74) is 1.96. The van der Waals surface area contributed by atoms with Crippen molar-refractivity contribution in [1.29, 1.82) is 0 Å². The lowest BCUT2D eigenvalue weighted by molar-refractivity contribution is -0.119. The molecule has 0 fully saturated rings. The highest BCUT2D eigenvalue weighted by Gasteiger charge is 2.14. The number of methoxy groups -OCH3 is 1. The zero-order valence-electron chi connectivity index (χ0n) is 16.2. The Morgan fingerprint density at radius 2 is 1.89 bits per heavy atom. The molecule has 0 saturated carbocycles. The largest absolute Gasteiger partial charge is 0.493 e. The van der Waals surface area contributed by atoms with Crippen molar-refractivity contribution < 1.29 is 23.8 Å². The highest BCUT2D eigenvalue weighted by molar-refractivity contribution is 9.10. The minimum absolute atomic E-state index is 0.281. The van der Waals surface area contributed by atoms with Gasteiger partial charge < -0.3 is 19.5 Å². The van der Waals surface area contributed by atoms with Crippen LogP contribution in [0.5, 0.6) is 11.5 Å². The minimum Gasteiger partial charge on any atom is -0.493 e. The Hall–Kier alpha value is -2.54. The average Bonchev–Trinajstić information content (AvgIpc) is 2.68. The van der Waals surface area contributed by atoms with Gasteiger partial charge in [0.25, 0.3) is 5.91 Å².